The first-order valence-corrected chi connectivity index (χ1v) is 6.39. The highest BCUT2D eigenvalue weighted by molar-refractivity contribution is 4.90. The number of aromatic nitrogens is 3. The highest BCUT2D eigenvalue weighted by atomic mass is 16.5. The second-order valence-electron chi connectivity index (χ2n) is 5.01. The standard InChI is InChI=1S/C12H22N4O2/c1-10(2)16-11(14-9-15-16)6-13-7-12(17-3)4-5-18-8-12/h9-10,13H,4-8H2,1-3H3. The maximum Gasteiger partial charge on any atom is 0.141 e. The fraction of sp³-hybridized carbons (Fsp3) is 0.833. The first kappa shape index (κ1) is 13.5. The Kier molecular flexibility index (Phi) is 4.31. The van der Waals surface area contributed by atoms with Gasteiger partial charge in [0.05, 0.1) is 13.2 Å². The maximum atomic E-state index is 5.57. The van der Waals surface area contributed by atoms with Crippen molar-refractivity contribution in [1.82, 2.24) is 20.1 Å². The number of methoxy groups -OCH3 is 1. The average Bonchev–Trinajstić information content (AvgIpc) is 2.98. The van der Waals surface area contributed by atoms with Crippen LogP contribution in [-0.4, -0.2) is 47.2 Å². The first-order valence-electron chi connectivity index (χ1n) is 6.39. The fourth-order valence-electron chi connectivity index (χ4n) is 2.20. The van der Waals surface area contributed by atoms with Crippen LogP contribution in [0.15, 0.2) is 6.33 Å². The minimum absolute atomic E-state index is 0.178. The van der Waals surface area contributed by atoms with E-state index in [-0.39, 0.29) is 5.60 Å². The van der Waals surface area contributed by atoms with Gasteiger partial charge in [-0.2, -0.15) is 5.10 Å². The summed E-state index contributed by atoms with van der Waals surface area (Å²) in [6, 6.07) is 0.329. The van der Waals surface area contributed by atoms with Gasteiger partial charge < -0.3 is 14.8 Å². The van der Waals surface area contributed by atoms with E-state index in [2.05, 4.69) is 29.2 Å². The molecule has 102 valence electrons. The third kappa shape index (κ3) is 2.88. The minimum Gasteiger partial charge on any atom is -0.378 e. The molecule has 6 heteroatoms. The van der Waals surface area contributed by atoms with Crippen LogP contribution in [0.1, 0.15) is 32.1 Å². The van der Waals surface area contributed by atoms with Gasteiger partial charge >= 0.3 is 0 Å². The van der Waals surface area contributed by atoms with Gasteiger partial charge in [-0.05, 0) is 13.8 Å². The lowest BCUT2D eigenvalue weighted by Crippen LogP contribution is -2.43. The summed E-state index contributed by atoms with van der Waals surface area (Å²) < 4.78 is 12.9. The molecule has 2 heterocycles. The van der Waals surface area contributed by atoms with Crippen LogP contribution in [0.4, 0.5) is 0 Å². The Labute approximate surface area is 108 Å². The fourth-order valence-corrected chi connectivity index (χ4v) is 2.20. The second kappa shape index (κ2) is 5.77. The molecule has 1 atom stereocenters. The zero-order chi connectivity index (χ0) is 13.0. The van der Waals surface area contributed by atoms with Crippen LogP contribution in [0.25, 0.3) is 0 Å². The summed E-state index contributed by atoms with van der Waals surface area (Å²) in [6.45, 7) is 7.10. The molecule has 6 nitrogen and oxygen atoms in total. The van der Waals surface area contributed by atoms with E-state index in [1.165, 1.54) is 0 Å². The largest absolute Gasteiger partial charge is 0.378 e. The first-order chi connectivity index (χ1) is 8.67. The molecular weight excluding hydrogens is 232 g/mol. The van der Waals surface area contributed by atoms with Crippen molar-refractivity contribution in [3.8, 4) is 0 Å². The van der Waals surface area contributed by atoms with Crippen molar-refractivity contribution in [2.24, 2.45) is 0 Å². The van der Waals surface area contributed by atoms with E-state index in [9.17, 15) is 0 Å². The van der Waals surface area contributed by atoms with Crippen molar-refractivity contribution in [3.05, 3.63) is 12.2 Å². The smallest absolute Gasteiger partial charge is 0.141 e. The monoisotopic (exact) mass is 254 g/mol. The Morgan fingerprint density at radius 2 is 2.44 bits per heavy atom. The van der Waals surface area contributed by atoms with E-state index < -0.39 is 0 Å². The summed E-state index contributed by atoms with van der Waals surface area (Å²) in [5.41, 5.74) is -0.178. The van der Waals surface area contributed by atoms with Crippen LogP contribution < -0.4 is 5.32 Å². The molecule has 0 aliphatic carbocycles. The van der Waals surface area contributed by atoms with E-state index in [0.717, 1.165) is 25.4 Å². The molecule has 0 radical (unpaired) electrons. The summed E-state index contributed by atoms with van der Waals surface area (Å²) in [6.07, 6.45) is 2.54. The second-order valence-corrected chi connectivity index (χ2v) is 5.01. The molecule has 1 aromatic rings. The lowest BCUT2D eigenvalue weighted by atomic mass is 10.0. The predicted octanol–water partition coefficient (Wildman–Crippen LogP) is 0.754. The quantitative estimate of drug-likeness (QED) is 0.812. The van der Waals surface area contributed by atoms with Crippen molar-refractivity contribution >= 4 is 0 Å². The number of rotatable bonds is 6. The Hall–Kier alpha value is -0.980. The minimum atomic E-state index is -0.178. The molecule has 0 amide bonds. The number of nitrogens with one attached hydrogen (secondary N) is 1. The normalized spacial score (nSPS) is 24.0. The van der Waals surface area contributed by atoms with Crippen molar-refractivity contribution in [3.63, 3.8) is 0 Å². The molecule has 1 aromatic heterocycles. The Balaban J connectivity index is 1.86. The van der Waals surface area contributed by atoms with Gasteiger partial charge in [0.1, 0.15) is 17.8 Å². The molecule has 0 bridgehead atoms. The molecule has 0 saturated carbocycles. The van der Waals surface area contributed by atoms with Gasteiger partial charge in [0.2, 0.25) is 0 Å². The Morgan fingerprint density at radius 3 is 3.06 bits per heavy atom. The van der Waals surface area contributed by atoms with Crippen molar-refractivity contribution in [2.45, 2.75) is 38.5 Å². The van der Waals surface area contributed by atoms with E-state index in [4.69, 9.17) is 9.47 Å². The van der Waals surface area contributed by atoms with Gasteiger partial charge in [0.25, 0.3) is 0 Å². The molecule has 1 N–H and O–H groups in total. The zero-order valence-electron chi connectivity index (χ0n) is 11.3. The van der Waals surface area contributed by atoms with Gasteiger partial charge in [0, 0.05) is 32.7 Å². The number of nitrogens with zero attached hydrogens (tertiary/aromatic N) is 3. The van der Waals surface area contributed by atoms with Gasteiger partial charge in [-0.15, -0.1) is 0 Å². The zero-order valence-corrected chi connectivity index (χ0v) is 11.3. The van der Waals surface area contributed by atoms with Gasteiger partial charge in [0.15, 0.2) is 0 Å². The van der Waals surface area contributed by atoms with Crippen LogP contribution in [0, 0.1) is 0 Å². The lowest BCUT2D eigenvalue weighted by molar-refractivity contribution is -0.0160. The molecular formula is C12H22N4O2. The van der Waals surface area contributed by atoms with Crippen LogP contribution in [0.5, 0.6) is 0 Å². The molecule has 1 aliphatic rings. The molecule has 1 unspecified atom stereocenters. The van der Waals surface area contributed by atoms with Crippen LogP contribution >= 0.6 is 0 Å². The number of ether oxygens (including phenoxy) is 2. The third-order valence-corrected chi connectivity index (χ3v) is 3.37. The van der Waals surface area contributed by atoms with Crippen LogP contribution in [-0.2, 0) is 16.0 Å². The highest BCUT2D eigenvalue weighted by Gasteiger charge is 2.34. The molecule has 0 aromatic carbocycles. The highest BCUT2D eigenvalue weighted by Crippen LogP contribution is 2.21. The predicted molar refractivity (Wildman–Crippen MR) is 67.3 cm³/mol. The van der Waals surface area contributed by atoms with E-state index in [0.29, 0.717) is 19.2 Å². The van der Waals surface area contributed by atoms with Crippen LogP contribution in [0.2, 0.25) is 0 Å². The van der Waals surface area contributed by atoms with Gasteiger partial charge in [-0.3, -0.25) is 0 Å². The van der Waals surface area contributed by atoms with Gasteiger partial charge in [-0.1, -0.05) is 0 Å². The van der Waals surface area contributed by atoms with Crippen molar-refractivity contribution in [1.29, 1.82) is 0 Å². The van der Waals surface area contributed by atoms with Crippen molar-refractivity contribution in [2.75, 3.05) is 26.9 Å². The molecule has 1 saturated heterocycles. The lowest BCUT2D eigenvalue weighted by Gasteiger charge is -2.26. The Bertz CT molecular complexity index is 372. The van der Waals surface area contributed by atoms with Crippen molar-refractivity contribution < 1.29 is 9.47 Å². The molecule has 18 heavy (non-hydrogen) atoms. The number of hydrogen-bond donors (Lipinski definition) is 1. The van der Waals surface area contributed by atoms with Crippen LogP contribution in [0.3, 0.4) is 0 Å². The summed E-state index contributed by atoms with van der Waals surface area (Å²) in [7, 11) is 1.74. The summed E-state index contributed by atoms with van der Waals surface area (Å²) in [5, 5.41) is 7.60. The summed E-state index contributed by atoms with van der Waals surface area (Å²) in [5.74, 6) is 0.954. The molecule has 0 spiro atoms. The molecule has 1 aliphatic heterocycles. The maximum absolute atomic E-state index is 5.57. The number of hydrogen-bond acceptors (Lipinski definition) is 5. The SMILES string of the molecule is COC1(CNCc2ncnn2C(C)C)CCOC1. The molecule has 2 rings (SSSR count). The summed E-state index contributed by atoms with van der Waals surface area (Å²) >= 11 is 0. The third-order valence-electron chi connectivity index (χ3n) is 3.37. The topological polar surface area (TPSA) is 61.2 Å². The summed E-state index contributed by atoms with van der Waals surface area (Å²) in [4.78, 5) is 4.27. The van der Waals surface area contributed by atoms with Gasteiger partial charge in [-0.25, -0.2) is 9.67 Å². The van der Waals surface area contributed by atoms with E-state index in [1.807, 2.05) is 4.68 Å². The molecule has 1 fully saturated rings. The van der Waals surface area contributed by atoms with E-state index in [1.54, 1.807) is 13.4 Å². The Morgan fingerprint density at radius 1 is 1.61 bits per heavy atom. The van der Waals surface area contributed by atoms with E-state index >= 15 is 0 Å². The average molecular weight is 254 g/mol.